The van der Waals surface area contributed by atoms with Gasteiger partial charge < -0.3 is 4.74 Å². The van der Waals surface area contributed by atoms with Gasteiger partial charge in [-0.1, -0.05) is 9.24 Å². The molecule has 1 rings (SSSR count). The summed E-state index contributed by atoms with van der Waals surface area (Å²) in [6.07, 6.45) is -0.358. The molecule has 2 radical (unpaired) electrons. The van der Waals surface area contributed by atoms with Crippen molar-refractivity contribution in [2.24, 2.45) is 0 Å². The number of halogens is 3. The molecule has 1 unspecified atom stereocenters. The first-order valence-corrected chi connectivity index (χ1v) is 4.82. The van der Waals surface area contributed by atoms with Gasteiger partial charge in [-0.2, -0.15) is 0 Å². The van der Waals surface area contributed by atoms with Crippen LogP contribution in [0.15, 0.2) is 0 Å². The van der Waals surface area contributed by atoms with Gasteiger partial charge in [0.25, 0.3) is 0 Å². The van der Waals surface area contributed by atoms with Crippen LogP contribution in [0.2, 0.25) is 0 Å². The lowest BCUT2D eigenvalue weighted by Gasteiger charge is -2.15. The summed E-state index contributed by atoms with van der Waals surface area (Å²) < 4.78 is 44.5. The van der Waals surface area contributed by atoms with Gasteiger partial charge in [-0.15, -0.1) is 0 Å². The Labute approximate surface area is 89.6 Å². The van der Waals surface area contributed by atoms with Crippen LogP contribution in [0.5, 0.6) is 5.75 Å². The van der Waals surface area contributed by atoms with E-state index in [0.29, 0.717) is 0 Å². The lowest BCUT2D eigenvalue weighted by Crippen LogP contribution is -2.25. The SMILES string of the molecule is [B]c1c(F)c(F)c(P)c(OC(C)C)c1F. The summed E-state index contributed by atoms with van der Waals surface area (Å²) in [4.78, 5) is 0. The molecular weight excluding hydrogens is 223 g/mol. The Morgan fingerprint density at radius 3 is 2.13 bits per heavy atom. The van der Waals surface area contributed by atoms with Crippen molar-refractivity contribution in [2.75, 3.05) is 0 Å². The van der Waals surface area contributed by atoms with Crippen LogP contribution in [-0.2, 0) is 0 Å². The van der Waals surface area contributed by atoms with Crippen LogP contribution in [0.3, 0.4) is 0 Å². The van der Waals surface area contributed by atoms with E-state index in [4.69, 9.17) is 12.6 Å². The molecule has 1 aromatic carbocycles. The third-order valence-electron chi connectivity index (χ3n) is 1.70. The van der Waals surface area contributed by atoms with Gasteiger partial charge in [0.1, 0.15) is 7.85 Å². The summed E-state index contributed by atoms with van der Waals surface area (Å²) in [5.41, 5.74) is -0.866. The average Bonchev–Trinajstić information content (AvgIpc) is 2.18. The molecule has 0 aliphatic carbocycles. The summed E-state index contributed by atoms with van der Waals surface area (Å²) in [5, 5.41) is -0.298. The van der Waals surface area contributed by atoms with E-state index in [2.05, 4.69) is 0 Å². The second-order valence-corrected chi connectivity index (χ2v) is 3.84. The Balaban J connectivity index is 3.39. The van der Waals surface area contributed by atoms with Crippen LogP contribution < -0.4 is 15.5 Å². The molecule has 0 fully saturated rings. The highest BCUT2D eigenvalue weighted by atomic mass is 31.0. The second-order valence-electron chi connectivity index (χ2n) is 3.27. The van der Waals surface area contributed by atoms with Crippen molar-refractivity contribution in [3.8, 4) is 5.75 Å². The van der Waals surface area contributed by atoms with E-state index in [0.717, 1.165) is 0 Å². The maximum atomic E-state index is 13.4. The minimum absolute atomic E-state index is 0.298. The van der Waals surface area contributed by atoms with Gasteiger partial charge in [0, 0.05) is 0 Å². The van der Waals surface area contributed by atoms with Crippen molar-refractivity contribution in [1.82, 2.24) is 0 Å². The molecule has 0 spiro atoms. The Hall–Kier alpha value is -0.695. The van der Waals surface area contributed by atoms with Gasteiger partial charge in [-0.25, -0.2) is 13.2 Å². The van der Waals surface area contributed by atoms with Crippen LogP contribution in [-0.4, -0.2) is 14.0 Å². The van der Waals surface area contributed by atoms with E-state index >= 15 is 0 Å². The smallest absolute Gasteiger partial charge is 0.169 e. The van der Waals surface area contributed by atoms with E-state index in [1.807, 2.05) is 9.24 Å². The van der Waals surface area contributed by atoms with E-state index in [1.54, 1.807) is 13.8 Å². The van der Waals surface area contributed by atoms with E-state index in [1.165, 1.54) is 0 Å². The first-order valence-electron chi connectivity index (χ1n) is 4.24. The minimum Gasteiger partial charge on any atom is -0.487 e. The molecular formula is C9H9BF3OP. The highest BCUT2D eigenvalue weighted by molar-refractivity contribution is 7.27. The number of hydrogen-bond donors (Lipinski definition) is 0. The Kier molecular flexibility index (Phi) is 3.66. The first kappa shape index (κ1) is 12.4. The second kappa shape index (κ2) is 4.44. The molecule has 1 aromatic rings. The maximum absolute atomic E-state index is 13.4. The zero-order valence-electron chi connectivity index (χ0n) is 8.27. The molecule has 0 heterocycles. The number of rotatable bonds is 2. The molecule has 0 aliphatic heterocycles. The molecule has 0 saturated carbocycles. The molecule has 0 bridgehead atoms. The average molecular weight is 232 g/mol. The number of ether oxygens (including phenoxy) is 1. The highest BCUT2D eigenvalue weighted by Gasteiger charge is 2.21. The molecule has 0 aromatic heterocycles. The maximum Gasteiger partial charge on any atom is 0.169 e. The fourth-order valence-electron chi connectivity index (χ4n) is 1.02. The molecule has 1 nitrogen and oxygen atoms in total. The van der Waals surface area contributed by atoms with Gasteiger partial charge >= 0.3 is 0 Å². The van der Waals surface area contributed by atoms with Crippen molar-refractivity contribution < 1.29 is 17.9 Å². The van der Waals surface area contributed by atoms with Crippen LogP contribution >= 0.6 is 9.24 Å². The minimum atomic E-state index is -1.39. The summed E-state index contributed by atoms with van der Waals surface area (Å²) in [6, 6.07) is 0. The van der Waals surface area contributed by atoms with Gasteiger partial charge in [-0.05, 0) is 19.3 Å². The Morgan fingerprint density at radius 1 is 1.13 bits per heavy atom. The molecule has 0 saturated heterocycles. The zero-order chi connectivity index (χ0) is 11.7. The largest absolute Gasteiger partial charge is 0.487 e. The van der Waals surface area contributed by atoms with Gasteiger partial charge in [0.2, 0.25) is 0 Å². The predicted octanol–water partition coefficient (Wildman–Crippen LogP) is 1.19. The van der Waals surface area contributed by atoms with Crippen molar-refractivity contribution in [1.29, 1.82) is 0 Å². The number of hydrogen-bond acceptors (Lipinski definition) is 1. The van der Waals surface area contributed by atoms with Crippen LogP contribution in [0.4, 0.5) is 13.2 Å². The van der Waals surface area contributed by atoms with Crippen molar-refractivity contribution in [2.45, 2.75) is 20.0 Å². The lowest BCUT2D eigenvalue weighted by molar-refractivity contribution is 0.232. The van der Waals surface area contributed by atoms with Crippen molar-refractivity contribution in [3.05, 3.63) is 17.5 Å². The van der Waals surface area contributed by atoms with Gasteiger partial charge in [0.05, 0.1) is 11.4 Å². The van der Waals surface area contributed by atoms with Crippen molar-refractivity contribution >= 4 is 27.9 Å². The van der Waals surface area contributed by atoms with Crippen LogP contribution in [0, 0.1) is 17.5 Å². The third-order valence-corrected chi connectivity index (χ3v) is 2.22. The van der Waals surface area contributed by atoms with Crippen LogP contribution in [0.1, 0.15) is 13.8 Å². The number of benzene rings is 1. The van der Waals surface area contributed by atoms with Crippen molar-refractivity contribution in [3.63, 3.8) is 0 Å². The van der Waals surface area contributed by atoms with E-state index in [9.17, 15) is 13.2 Å². The van der Waals surface area contributed by atoms with E-state index < -0.39 is 22.9 Å². The Bertz CT molecular complexity index is 366. The predicted molar refractivity (Wildman–Crippen MR) is 56.8 cm³/mol. The summed E-state index contributed by atoms with van der Waals surface area (Å²) >= 11 is 0. The summed E-state index contributed by atoms with van der Waals surface area (Å²) in [6.45, 7) is 3.28. The van der Waals surface area contributed by atoms with Crippen LogP contribution in [0.25, 0.3) is 0 Å². The molecule has 0 aliphatic rings. The monoisotopic (exact) mass is 232 g/mol. The summed E-state index contributed by atoms with van der Waals surface area (Å²) in [7, 11) is 6.94. The highest BCUT2D eigenvalue weighted by Crippen LogP contribution is 2.20. The molecule has 6 heteroatoms. The molecule has 0 amide bonds. The quantitative estimate of drug-likeness (QED) is 0.422. The summed E-state index contributed by atoms with van der Waals surface area (Å²) in [5.74, 6) is -4.05. The Morgan fingerprint density at radius 2 is 1.67 bits per heavy atom. The molecule has 1 atom stereocenters. The zero-order valence-corrected chi connectivity index (χ0v) is 9.43. The standard InChI is InChI=1S/C9H9BF3OP/c1-3(2)14-8-6(12)4(10)5(11)7(13)9(8)15/h3H,15H2,1-2H3. The van der Waals surface area contributed by atoms with Gasteiger partial charge in [0.15, 0.2) is 23.2 Å². The first-order chi connectivity index (χ1) is 6.86. The normalized spacial score (nSPS) is 10.9. The lowest BCUT2D eigenvalue weighted by atomic mass is 9.94. The van der Waals surface area contributed by atoms with Gasteiger partial charge in [-0.3, -0.25) is 0 Å². The molecule has 15 heavy (non-hydrogen) atoms. The third kappa shape index (κ3) is 2.28. The van der Waals surface area contributed by atoms with E-state index in [-0.39, 0.29) is 17.2 Å². The fourth-order valence-corrected chi connectivity index (χ4v) is 1.35. The molecule has 80 valence electrons. The topological polar surface area (TPSA) is 9.23 Å². The fraction of sp³-hybridized carbons (Fsp3) is 0.333. The molecule has 0 N–H and O–H groups in total.